The molecule has 1 aliphatic heterocycles. The molecular formula is C27H30N2O6. The van der Waals surface area contributed by atoms with Gasteiger partial charge in [-0.25, -0.2) is 4.79 Å². The Morgan fingerprint density at radius 3 is 2.43 bits per heavy atom. The molecule has 4 rings (SSSR count). The molecule has 2 N–H and O–H groups in total. The first-order chi connectivity index (χ1) is 17.0. The van der Waals surface area contributed by atoms with Crippen LogP contribution in [-0.4, -0.2) is 66.9 Å². The summed E-state index contributed by atoms with van der Waals surface area (Å²) in [5.41, 5.74) is 4.47. The van der Waals surface area contributed by atoms with Crippen molar-refractivity contribution in [1.82, 2.24) is 10.2 Å². The third-order valence-corrected chi connectivity index (χ3v) is 6.52. The number of carbonyl (C=O) groups excluding carboxylic acids is 2. The third kappa shape index (κ3) is 5.54. The molecule has 0 bridgehead atoms. The Morgan fingerprint density at radius 2 is 1.80 bits per heavy atom. The number of amides is 2. The average molecular weight is 479 g/mol. The summed E-state index contributed by atoms with van der Waals surface area (Å²) in [7, 11) is 0. The fourth-order valence-corrected chi connectivity index (χ4v) is 4.70. The molecule has 35 heavy (non-hydrogen) atoms. The lowest BCUT2D eigenvalue weighted by Gasteiger charge is -2.27. The van der Waals surface area contributed by atoms with E-state index < -0.39 is 24.0 Å². The maximum Gasteiger partial charge on any atom is 0.407 e. The topological polar surface area (TPSA) is 105 Å². The molecule has 1 heterocycles. The minimum Gasteiger partial charge on any atom is -0.481 e. The largest absolute Gasteiger partial charge is 0.481 e. The Bertz CT molecular complexity index is 1060. The van der Waals surface area contributed by atoms with Crippen molar-refractivity contribution in [2.24, 2.45) is 5.92 Å². The number of alkyl carbamates (subject to hydrolysis) is 1. The van der Waals surface area contributed by atoms with E-state index >= 15 is 0 Å². The molecule has 8 nitrogen and oxygen atoms in total. The first kappa shape index (κ1) is 24.5. The van der Waals surface area contributed by atoms with Crippen molar-refractivity contribution in [3.63, 3.8) is 0 Å². The van der Waals surface area contributed by atoms with E-state index in [0.29, 0.717) is 12.8 Å². The van der Waals surface area contributed by atoms with Gasteiger partial charge >= 0.3 is 12.1 Å². The van der Waals surface area contributed by atoms with Gasteiger partial charge in [-0.2, -0.15) is 0 Å². The Labute approximate surface area is 204 Å². The highest BCUT2D eigenvalue weighted by Crippen LogP contribution is 2.44. The second-order valence-electron chi connectivity index (χ2n) is 8.78. The maximum atomic E-state index is 13.2. The summed E-state index contributed by atoms with van der Waals surface area (Å²) in [6, 6.07) is 15.3. The van der Waals surface area contributed by atoms with Gasteiger partial charge in [-0.1, -0.05) is 54.6 Å². The van der Waals surface area contributed by atoms with Gasteiger partial charge in [0.1, 0.15) is 12.6 Å². The van der Waals surface area contributed by atoms with Gasteiger partial charge in [-0.15, -0.1) is 6.58 Å². The Hall–Kier alpha value is -3.65. The van der Waals surface area contributed by atoms with Crippen LogP contribution in [0.2, 0.25) is 0 Å². The highest BCUT2D eigenvalue weighted by atomic mass is 16.5. The van der Waals surface area contributed by atoms with E-state index in [1.165, 1.54) is 4.90 Å². The minimum absolute atomic E-state index is 0.0329. The van der Waals surface area contributed by atoms with Crippen LogP contribution in [-0.2, 0) is 19.1 Å². The fraction of sp³-hybridized carbons (Fsp3) is 0.370. The maximum absolute atomic E-state index is 13.2. The molecule has 184 valence electrons. The Balaban J connectivity index is 1.42. The lowest BCUT2D eigenvalue weighted by Crippen LogP contribution is -2.50. The summed E-state index contributed by atoms with van der Waals surface area (Å²) in [5.74, 6) is -2.26. The summed E-state index contributed by atoms with van der Waals surface area (Å²) in [5, 5.41) is 12.1. The lowest BCUT2D eigenvalue weighted by atomic mass is 9.98. The van der Waals surface area contributed by atoms with Gasteiger partial charge in [0.05, 0.1) is 19.1 Å². The molecule has 2 amide bonds. The fourth-order valence-electron chi connectivity index (χ4n) is 4.70. The van der Waals surface area contributed by atoms with Crippen molar-refractivity contribution in [3.05, 3.63) is 72.3 Å². The number of carbonyl (C=O) groups is 3. The molecule has 0 aromatic heterocycles. The van der Waals surface area contributed by atoms with Gasteiger partial charge in [0.2, 0.25) is 5.91 Å². The van der Waals surface area contributed by atoms with E-state index in [0.717, 1.165) is 22.3 Å². The summed E-state index contributed by atoms with van der Waals surface area (Å²) < 4.78 is 10.9. The molecular weight excluding hydrogens is 448 g/mol. The van der Waals surface area contributed by atoms with Gasteiger partial charge < -0.3 is 24.8 Å². The van der Waals surface area contributed by atoms with E-state index in [1.54, 1.807) is 6.08 Å². The zero-order chi connectivity index (χ0) is 24.8. The SMILES string of the molecule is C=CCCC(NC(=O)OCC1c2ccccc2-c2ccccc21)C(=O)N1CCOCC(C(=O)O)C1. The van der Waals surface area contributed by atoms with Crippen LogP contribution in [0.15, 0.2) is 61.2 Å². The molecule has 1 saturated heterocycles. The standard InChI is InChI=1S/C27H30N2O6/c1-2-3-12-24(25(30)29-13-14-34-16-18(15-29)26(31)32)28-27(33)35-17-23-21-10-6-4-8-19(21)20-9-5-7-11-22(20)23/h2,4-11,18,23-24H,1,3,12-17H2,(H,28,33)(H,31,32). The van der Waals surface area contributed by atoms with E-state index in [-0.39, 0.29) is 44.7 Å². The van der Waals surface area contributed by atoms with E-state index in [1.807, 2.05) is 36.4 Å². The second-order valence-corrected chi connectivity index (χ2v) is 8.78. The van der Waals surface area contributed by atoms with Crippen LogP contribution >= 0.6 is 0 Å². The number of carboxylic acid groups (broad SMARTS) is 1. The van der Waals surface area contributed by atoms with E-state index in [9.17, 15) is 19.5 Å². The smallest absolute Gasteiger partial charge is 0.407 e. The molecule has 2 aliphatic rings. The van der Waals surface area contributed by atoms with Crippen LogP contribution in [0.4, 0.5) is 4.79 Å². The first-order valence-corrected chi connectivity index (χ1v) is 11.8. The molecule has 2 atom stereocenters. The van der Waals surface area contributed by atoms with Crippen molar-refractivity contribution >= 4 is 18.0 Å². The molecule has 0 radical (unpaired) electrons. The van der Waals surface area contributed by atoms with E-state index in [4.69, 9.17) is 9.47 Å². The molecule has 1 fully saturated rings. The van der Waals surface area contributed by atoms with Crippen LogP contribution in [0.1, 0.15) is 29.9 Å². The van der Waals surface area contributed by atoms with Crippen LogP contribution < -0.4 is 5.32 Å². The van der Waals surface area contributed by atoms with Crippen LogP contribution in [0.5, 0.6) is 0 Å². The summed E-state index contributed by atoms with van der Waals surface area (Å²) in [6.45, 7) is 4.43. The Kier molecular flexibility index (Phi) is 7.82. The molecule has 2 unspecified atom stereocenters. The quantitative estimate of drug-likeness (QED) is 0.564. The number of nitrogens with zero attached hydrogens (tertiary/aromatic N) is 1. The van der Waals surface area contributed by atoms with Crippen molar-refractivity contribution < 1.29 is 29.0 Å². The summed E-state index contributed by atoms with van der Waals surface area (Å²) >= 11 is 0. The lowest BCUT2D eigenvalue weighted by molar-refractivity contribution is -0.144. The van der Waals surface area contributed by atoms with E-state index in [2.05, 4.69) is 24.0 Å². The number of allylic oxidation sites excluding steroid dienone is 1. The predicted octanol–water partition coefficient (Wildman–Crippen LogP) is 3.42. The average Bonchev–Trinajstić information content (AvgIpc) is 3.00. The van der Waals surface area contributed by atoms with Crippen LogP contribution in [0.25, 0.3) is 11.1 Å². The molecule has 0 saturated carbocycles. The zero-order valence-electron chi connectivity index (χ0n) is 19.5. The van der Waals surface area contributed by atoms with Gasteiger partial charge in [0.15, 0.2) is 0 Å². The number of aliphatic carboxylic acids is 1. The van der Waals surface area contributed by atoms with Gasteiger partial charge in [0, 0.05) is 19.0 Å². The van der Waals surface area contributed by atoms with Crippen molar-refractivity contribution in [2.45, 2.75) is 24.8 Å². The number of fused-ring (bicyclic) bond motifs is 3. The second kappa shape index (κ2) is 11.2. The van der Waals surface area contributed by atoms with Gasteiger partial charge in [0.25, 0.3) is 0 Å². The highest BCUT2D eigenvalue weighted by Gasteiger charge is 2.33. The van der Waals surface area contributed by atoms with Crippen LogP contribution in [0, 0.1) is 5.92 Å². The highest BCUT2D eigenvalue weighted by molar-refractivity contribution is 5.86. The number of benzene rings is 2. The summed E-state index contributed by atoms with van der Waals surface area (Å²) in [4.78, 5) is 38.9. The number of ether oxygens (including phenoxy) is 2. The number of hydrogen-bond donors (Lipinski definition) is 2. The number of hydrogen-bond acceptors (Lipinski definition) is 5. The number of rotatable bonds is 8. The molecule has 2 aromatic rings. The van der Waals surface area contributed by atoms with Gasteiger partial charge in [-0.3, -0.25) is 9.59 Å². The zero-order valence-corrected chi connectivity index (χ0v) is 19.5. The molecule has 1 aliphatic carbocycles. The molecule has 8 heteroatoms. The van der Waals surface area contributed by atoms with Crippen molar-refractivity contribution in [1.29, 1.82) is 0 Å². The Morgan fingerprint density at radius 1 is 1.14 bits per heavy atom. The van der Waals surface area contributed by atoms with Crippen molar-refractivity contribution in [3.8, 4) is 11.1 Å². The predicted molar refractivity (Wildman–Crippen MR) is 130 cm³/mol. The number of nitrogens with one attached hydrogen (secondary N) is 1. The molecule has 0 spiro atoms. The van der Waals surface area contributed by atoms with Gasteiger partial charge in [-0.05, 0) is 35.1 Å². The monoisotopic (exact) mass is 478 g/mol. The first-order valence-electron chi connectivity index (χ1n) is 11.8. The summed E-state index contributed by atoms with van der Waals surface area (Å²) in [6.07, 6.45) is 1.83. The van der Waals surface area contributed by atoms with Crippen LogP contribution in [0.3, 0.4) is 0 Å². The minimum atomic E-state index is -1.02. The van der Waals surface area contributed by atoms with Crippen molar-refractivity contribution in [2.75, 3.05) is 32.9 Å². The molecule has 2 aromatic carbocycles. The normalized spacial score (nSPS) is 18.1. The third-order valence-electron chi connectivity index (χ3n) is 6.52. The number of carboxylic acids is 1.